The molecule has 3 nitrogen and oxygen atoms in total. The average Bonchev–Trinajstić information content (AvgIpc) is 1.59. The smallest absolute Gasteiger partial charge is 0.157 e. The fraction of sp³-hybridized carbons (Fsp3) is 1.00. The molecule has 0 aromatic carbocycles. The lowest BCUT2D eigenvalue weighted by atomic mass is 10.1. The number of hydrogen-bond donors (Lipinski definition) is 2. The molecule has 1 unspecified atom stereocenters. The molecule has 9 heavy (non-hydrogen) atoms. The minimum absolute atomic E-state index is 0.0104. The molecule has 1 heterocycles. The maximum absolute atomic E-state index is 9.01. The molecule has 0 saturated carbocycles. The van der Waals surface area contributed by atoms with Crippen molar-refractivity contribution in [2.45, 2.75) is 38.3 Å². The second kappa shape index (κ2) is 2.64. The summed E-state index contributed by atoms with van der Waals surface area (Å²) in [6.07, 6.45) is -0.169. The molecule has 54 valence electrons. The third-order valence-electron chi connectivity index (χ3n) is 1.47. The first kappa shape index (κ1) is 6.99. The van der Waals surface area contributed by atoms with Crippen LogP contribution in [0.15, 0.2) is 0 Å². The van der Waals surface area contributed by atoms with E-state index in [1.807, 2.05) is 6.92 Å². The maximum Gasteiger partial charge on any atom is 0.157 e. The van der Waals surface area contributed by atoms with Gasteiger partial charge in [-0.1, -0.05) is 0 Å². The van der Waals surface area contributed by atoms with Gasteiger partial charge in [0.15, 0.2) is 6.29 Å². The fourth-order valence-corrected chi connectivity index (χ4v) is 1.09. The van der Waals surface area contributed by atoms with E-state index in [1.165, 1.54) is 0 Å². The highest BCUT2D eigenvalue weighted by molar-refractivity contribution is 4.68. The van der Waals surface area contributed by atoms with Gasteiger partial charge in [0.2, 0.25) is 0 Å². The number of hydrogen-bond acceptors (Lipinski definition) is 3. The van der Waals surface area contributed by atoms with Crippen LogP contribution >= 0.6 is 0 Å². The van der Waals surface area contributed by atoms with Gasteiger partial charge in [-0.15, -0.1) is 0 Å². The van der Waals surface area contributed by atoms with E-state index in [0.717, 1.165) is 0 Å². The predicted molar refractivity (Wildman–Crippen MR) is 31.8 cm³/mol. The van der Waals surface area contributed by atoms with Crippen LogP contribution in [0.3, 0.4) is 0 Å². The van der Waals surface area contributed by atoms with Crippen molar-refractivity contribution in [3.05, 3.63) is 0 Å². The topological polar surface area (TPSA) is 49.7 Å². The van der Waals surface area contributed by atoms with Crippen LogP contribution in [0.4, 0.5) is 0 Å². The molecule has 0 aromatic rings. The van der Waals surface area contributed by atoms with E-state index in [4.69, 9.17) is 14.9 Å². The van der Waals surface area contributed by atoms with Crippen LogP contribution in [0.25, 0.3) is 0 Å². The van der Waals surface area contributed by atoms with Crippen molar-refractivity contribution in [1.29, 1.82) is 0 Å². The van der Waals surface area contributed by atoms with Crippen LogP contribution in [0, 0.1) is 0 Å². The molecular weight excluding hydrogens is 120 g/mol. The van der Waals surface area contributed by atoms with Crippen LogP contribution in [0.1, 0.15) is 19.8 Å². The standard InChI is InChI=1S/C6H12O3/c1-4-2-5(7)3-6(8)9-4/h4-8H,2-3H2,1H3/t4?,5-,6-/m1/s1. The highest BCUT2D eigenvalue weighted by Gasteiger charge is 2.23. The molecule has 1 aliphatic heterocycles. The monoisotopic (exact) mass is 132 g/mol. The van der Waals surface area contributed by atoms with E-state index in [-0.39, 0.29) is 12.2 Å². The zero-order valence-electron chi connectivity index (χ0n) is 5.45. The predicted octanol–water partition coefficient (Wildman–Crippen LogP) is -0.135. The van der Waals surface area contributed by atoms with E-state index in [0.29, 0.717) is 12.8 Å². The van der Waals surface area contributed by atoms with Crippen molar-refractivity contribution in [1.82, 2.24) is 0 Å². The van der Waals surface area contributed by atoms with Crippen molar-refractivity contribution in [2.75, 3.05) is 0 Å². The van der Waals surface area contributed by atoms with Gasteiger partial charge in [-0.3, -0.25) is 0 Å². The van der Waals surface area contributed by atoms with E-state index < -0.39 is 6.29 Å². The second-order valence-electron chi connectivity index (χ2n) is 2.53. The summed E-state index contributed by atoms with van der Waals surface area (Å²) < 4.78 is 4.95. The van der Waals surface area contributed by atoms with Gasteiger partial charge in [-0.05, 0) is 13.3 Å². The van der Waals surface area contributed by atoms with Gasteiger partial charge in [-0.2, -0.15) is 0 Å². The third kappa shape index (κ3) is 1.93. The molecule has 0 bridgehead atoms. The molecule has 1 saturated heterocycles. The summed E-state index contributed by atoms with van der Waals surface area (Å²) in [5, 5.41) is 17.9. The van der Waals surface area contributed by atoms with Crippen molar-refractivity contribution in [3.63, 3.8) is 0 Å². The van der Waals surface area contributed by atoms with Gasteiger partial charge in [0.25, 0.3) is 0 Å². The molecule has 1 fully saturated rings. The molecular formula is C6H12O3. The van der Waals surface area contributed by atoms with Gasteiger partial charge in [-0.25, -0.2) is 0 Å². The molecule has 2 N–H and O–H groups in total. The summed E-state index contributed by atoms with van der Waals surface area (Å²) in [7, 11) is 0. The third-order valence-corrected chi connectivity index (χ3v) is 1.47. The summed E-state index contributed by atoms with van der Waals surface area (Å²) in [4.78, 5) is 0. The van der Waals surface area contributed by atoms with Crippen molar-refractivity contribution in [2.24, 2.45) is 0 Å². The van der Waals surface area contributed by atoms with E-state index in [2.05, 4.69) is 0 Å². The van der Waals surface area contributed by atoms with Crippen molar-refractivity contribution in [3.8, 4) is 0 Å². The maximum atomic E-state index is 9.01. The lowest BCUT2D eigenvalue weighted by Gasteiger charge is -2.27. The Bertz CT molecular complexity index is 69.3. The average molecular weight is 132 g/mol. The number of ether oxygens (including phenoxy) is 1. The van der Waals surface area contributed by atoms with Crippen LogP contribution in [-0.2, 0) is 4.74 Å². The Labute approximate surface area is 54.3 Å². The van der Waals surface area contributed by atoms with Crippen molar-refractivity contribution >= 4 is 0 Å². The van der Waals surface area contributed by atoms with Crippen LogP contribution in [0.5, 0.6) is 0 Å². The Morgan fingerprint density at radius 2 is 2.00 bits per heavy atom. The zero-order valence-corrected chi connectivity index (χ0v) is 5.45. The first-order chi connectivity index (χ1) is 4.18. The first-order valence-electron chi connectivity index (χ1n) is 3.20. The Kier molecular flexibility index (Phi) is 2.05. The van der Waals surface area contributed by atoms with E-state index in [9.17, 15) is 0 Å². The molecule has 1 rings (SSSR count). The summed E-state index contributed by atoms with van der Waals surface area (Å²) in [6, 6.07) is 0. The Morgan fingerprint density at radius 1 is 1.33 bits per heavy atom. The van der Waals surface area contributed by atoms with Crippen molar-refractivity contribution < 1.29 is 14.9 Å². The summed E-state index contributed by atoms with van der Waals surface area (Å²) in [5.41, 5.74) is 0. The first-order valence-corrected chi connectivity index (χ1v) is 3.20. The normalized spacial score (nSPS) is 45.0. The minimum atomic E-state index is -0.760. The fourth-order valence-electron chi connectivity index (χ4n) is 1.09. The zero-order chi connectivity index (χ0) is 6.85. The minimum Gasteiger partial charge on any atom is -0.393 e. The van der Waals surface area contributed by atoms with Crippen LogP contribution in [-0.4, -0.2) is 28.7 Å². The number of aliphatic hydroxyl groups is 2. The molecule has 1 aliphatic rings. The second-order valence-corrected chi connectivity index (χ2v) is 2.53. The van der Waals surface area contributed by atoms with Crippen LogP contribution < -0.4 is 0 Å². The van der Waals surface area contributed by atoms with Crippen LogP contribution in [0.2, 0.25) is 0 Å². The largest absolute Gasteiger partial charge is 0.393 e. The Balaban J connectivity index is 2.34. The van der Waals surface area contributed by atoms with Gasteiger partial charge in [0.05, 0.1) is 12.2 Å². The highest BCUT2D eigenvalue weighted by Crippen LogP contribution is 2.16. The molecule has 0 radical (unpaired) electrons. The lowest BCUT2D eigenvalue weighted by Crippen LogP contribution is -2.33. The number of aliphatic hydroxyl groups excluding tert-OH is 2. The molecule has 3 heteroatoms. The van der Waals surface area contributed by atoms with E-state index in [1.54, 1.807) is 0 Å². The molecule has 0 aliphatic carbocycles. The SMILES string of the molecule is CC1C[C@@H](O)C[C@H](O)O1. The highest BCUT2D eigenvalue weighted by atomic mass is 16.6. The molecule has 0 aromatic heterocycles. The summed E-state index contributed by atoms with van der Waals surface area (Å²) in [5.74, 6) is 0. The van der Waals surface area contributed by atoms with E-state index >= 15 is 0 Å². The molecule has 3 atom stereocenters. The molecule has 0 spiro atoms. The quantitative estimate of drug-likeness (QED) is 0.482. The lowest BCUT2D eigenvalue weighted by molar-refractivity contribution is -0.183. The van der Waals surface area contributed by atoms with Gasteiger partial charge in [0, 0.05) is 6.42 Å². The van der Waals surface area contributed by atoms with Gasteiger partial charge >= 0.3 is 0 Å². The number of rotatable bonds is 0. The van der Waals surface area contributed by atoms with Gasteiger partial charge in [0.1, 0.15) is 0 Å². The Morgan fingerprint density at radius 3 is 2.44 bits per heavy atom. The summed E-state index contributed by atoms with van der Waals surface area (Å²) >= 11 is 0. The molecule has 0 amide bonds. The summed E-state index contributed by atoms with van der Waals surface area (Å²) in [6.45, 7) is 1.84. The van der Waals surface area contributed by atoms with Gasteiger partial charge < -0.3 is 14.9 Å². The Hall–Kier alpha value is -0.120.